The van der Waals surface area contributed by atoms with E-state index in [1.165, 1.54) is 24.3 Å². The molecule has 0 radical (unpaired) electrons. The Hall–Kier alpha value is -1.49. The van der Waals surface area contributed by atoms with E-state index in [1.54, 1.807) is 12.1 Å². The summed E-state index contributed by atoms with van der Waals surface area (Å²) in [7, 11) is 0. The molecule has 1 aliphatic heterocycles. The smallest absolute Gasteiger partial charge is 0.335 e. The fraction of sp³-hybridized carbons (Fsp3) is 0.500. The van der Waals surface area contributed by atoms with Crippen LogP contribution >= 0.6 is 11.8 Å². The van der Waals surface area contributed by atoms with Crippen molar-refractivity contribution in [1.29, 1.82) is 0 Å². The zero-order valence-corrected chi connectivity index (χ0v) is 13.0. The number of aromatic carboxylic acids is 1. The number of hydrogen-bond donors (Lipinski definition) is 1. The fourth-order valence-electron chi connectivity index (χ4n) is 2.97. The molecule has 3 rings (SSSR count). The second kappa shape index (κ2) is 6.10. The van der Waals surface area contributed by atoms with E-state index in [0.29, 0.717) is 11.5 Å². The number of carboxylic acid groups (broad SMARTS) is 1. The van der Waals surface area contributed by atoms with Crippen LogP contribution in [0, 0.1) is 5.92 Å². The molecular formula is C16H20N2O2S. The zero-order valence-electron chi connectivity index (χ0n) is 12.2. The molecule has 2 heterocycles. The van der Waals surface area contributed by atoms with Gasteiger partial charge in [0, 0.05) is 13.0 Å². The van der Waals surface area contributed by atoms with E-state index in [1.807, 2.05) is 17.8 Å². The van der Waals surface area contributed by atoms with Crippen LogP contribution in [0.2, 0.25) is 0 Å². The third-order valence-corrected chi connectivity index (χ3v) is 5.22. The summed E-state index contributed by atoms with van der Waals surface area (Å²) in [5.41, 5.74) is 2.18. The van der Waals surface area contributed by atoms with Crippen LogP contribution in [0.5, 0.6) is 0 Å². The molecule has 1 aliphatic rings. The van der Waals surface area contributed by atoms with Gasteiger partial charge < -0.3 is 9.67 Å². The average Bonchev–Trinajstić information content (AvgIpc) is 2.85. The molecule has 1 aromatic carbocycles. The van der Waals surface area contributed by atoms with E-state index < -0.39 is 5.97 Å². The minimum atomic E-state index is -0.895. The van der Waals surface area contributed by atoms with Gasteiger partial charge in [-0.2, -0.15) is 11.8 Å². The summed E-state index contributed by atoms with van der Waals surface area (Å²) < 4.78 is 2.29. The number of rotatable bonds is 4. The van der Waals surface area contributed by atoms with Gasteiger partial charge in [-0.1, -0.05) is 6.92 Å². The van der Waals surface area contributed by atoms with Crippen molar-refractivity contribution in [1.82, 2.24) is 9.55 Å². The lowest BCUT2D eigenvalue weighted by Crippen LogP contribution is -2.17. The number of fused-ring (bicyclic) bond motifs is 1. The number of nitrogens with zero attached hydrogens (tertiary/aromatic N) is 2. The van der Waals surface area contributed by atoms with Crippen molar-refractivity contribution >= 4 is 28.8 Å². The van der Waals surface area contributed by atoms with E-state index in [-0.39, 0.29) is 0 Å². The predicted octanol–water partition coefficient (Wildman–Crippen LogP) is 3.44. The van der Waals surface area contributed by atoms with Crippen LogP contribution in [-0.4, -0.2) is 32.1 Å². The molecule has 0 unspecified atom stereocenters. The Morgan fingerprint density at radius 1 is 1.43 bits per heavy atom. The maximum absolute atomic E-state index is 11.1. The van der Waals surface area contributed by atoms with Crippen molar-refractivity contribution in [3.8, 4) is 0 Å². The molecule has 4 nitrogen and oxygen atoms in total. The van der Waals surface area contributed by atoms with Gasteiger partial charge in [0.15, 0.2) is 0 Å². The summed E-state index contributed by atoms with van der Waals surface area (Å²) in [6, 6.07) is 5.27. The fourth-order valence-corrected chi connectivity index (χ4v) is 4.18. The molecule has 1 N–H and O–H groups in total. The third-order valence-electron chi connectivity index (χ3n) is 4.17. The monoisotopic (exact) mass is 304 g/mol. The van der Waals surface area contributed by atoms with Crippen molar-refractivity contribution in [2.45, 2.75) is 32.7 Å². The summed E-state index contributed by atoms with van der Waals surface area (Å²) in [5, 5.41) is 9.10. The van der Waals surface area contributed by atoms with Crippen molar-refractivity contribution in [2.75, 3.05) is 11.5 Å². The number of benzene rings is 1. The molecule has 0 spiro atoms. The highest BCUT2D eigenvalue weighted by atomic mass is 32.2. The van der Waals surface area contributed by atoms with Crippen LogP contribution in [0.1, 0.15) is 35.9 Å². The first-order valence-corrected chi connectivity index (χ1v) is 8.64. The zero-order chi connectivity index (χ0) is 14.8. The van der Waals surface area contributed by atoms with Crippen LogP contribution in [0.15, 0.2) is 18.2 Å². The third kappa shape index (κ3) is 2.93. The van der Waals surface area contributed by atoms with E-state index in [2.05, 4.69) is 16.5 Å². The lowest BCUT2D eigenvalue weighted by molar-refractivity contribution is 0.0697. The first-order chi connectivity index (χ1) is 10.2. The molecule has 0 amide bonds. The number of aromatic nitrogens is 2. The maximum Gasteiger partial charge on any atom is 0.335 e. The number of carboxylic acids is 1. The largest absolute Gasteiger partial charge is 0.478 e. The van der Waals surface area contributed by atoms with Gasteiger partial charge in [-0.3, -0.25) is 0 Å². The molecule has 21 heavy (non-hydrogen) atoms. The van der Waals surface area contributed by atoms with E-state index in [0.717, 1.165) is 29.8 Å². The molecule has 0 aliphatic carbocycles. The molecule has 1 aromatic heterocycles. The van der Waals surface area contributed by atoms with Crippen LogP contribution in [0.3, 0.4) is 0 Å². The van der Waals surface area contributed by atoms with Crippen LogP contribution in [0.4, 0.5) is 0 Å². The van der Waals surface area contributed by atoms with E-state index in [9.17, 15) is 4.79 Å². The Morgan fingerprint density at radius 3 is 2.86 bits per heavy atom. The van der Waals surface area contributed by atoms with Gasteiger partial charge in [0.2, 0.25) is 0 Å². The second-order valence-corrected chi connectivity index (χ2v) is 6.78. The van der Waals surface area contributed by atoms with Gasteiger partial charge in [0.1, 0.15) is 5.82 Å². The molecule has 112 valence electrons. The number of imidazole rings is 1. The Morgan fingerprint density at radius 2 is 2.19 bits per heavy atom. The lowest BCUT2D eigenvalue weighted by atomic mass is 10.0. The summed E-state index contributed by atoms with van der Waals surface area (Å²) >= 11 is 2.04. The summed E-state index contributed by atoms with van der Waals surface area (Å²) in [4.78, 5) is 15.7. The molecular weight excluding hydrogens is 284 g/mol. The Kier molecular flexibility index (Phi) is 4.19. The van der Waals surface area contributed by atoms with Crippen molar-refractivity contribution in [3.05, 3.63) is 29.6 Å². The van der Waals surface area contributed by atoms with Crippen LogP contribution in [-0.2, 0) is 13.0 Å². The average molecular weight is 304 g/mol. The standard InChI is InChI=1S/C16H20N2O2S/c1-2-15-17-13-9-12(16(19)20)3-4-14(13)18(15)10-11-5-7-21-8-6-11/h3-4,9,11H,2,5-8,10H2,1H3,(H,19,20). The Bertz CT molecular complexity index is 660. The first-order valence-electron chi connectivity index (χ1n) is 7.49. The van der Waals surface area contributed by atoms with Gasteiger partial charge in [0.25, 0.3) is 0 Å². The van der Waals surface area contributed by atoms with Gasteiger partial charge in [-0.05, 0) is 48.5 Å². The summed E-state index contributed by atoms with van der Waals surface area (Å²) in [5.74, 6) is 3.39. The van der Waals surface area contributed by atoms with Crippen molar-refractivity contribution in [3.63, 3.8) is 0 Å². The molecule has 0 saturated carbocycles. The van der Waals surface area contributed by atoms with Gasteiger partial charge >= 0.3 is 5.97 Å². The highest BCUT2D eigenvalue weighted by Crippen LogP contribution is 2.27. The number of carbonyl (C=O) groups is 1. The summed E-state index contributed by atoms with van der Waals surface area (Å²) in [6.45, 7) is 3.11. The lowest BCUT2D eigenvalue weighted by Gasteiger charge is -2.22. The molecule has 0 bridgehead atoms. The minimum Gasteiger partial charge on any atom is -0.478 e. The van der Waals surface area contributed by atoms with Crippen LogP contribution in [0.25, 0.3) is 11.0 Å². The second-order valence-electron chi connectivity index (χ2n) is 5.56. The highest BCUT2D eigenvalue weighted by molar-refractivity contribution is 7.99. The normalized spacial score (nSPS) is 16.4. The quantitative estimate of drug-likeness (QED) is 0.940. The number of aryl methyl sites for hydroxylation is 1. The van der Waals surface area contributed by atoms with Gasteiger partial charge in [-0.25, -0.2) is 9.78 Å². The van der Waals surface area contributed by atoms with Crippen molar-refractivity contribution < 1.29 is 9.90 Å². The molecule has 0 atom stereocenters. The summed E-state index contributed by atoms with van der Waals surface area (Å²) in [6.07, 6.45) is 3.40. The van der Waals surface area contributed by atoms with Crippen molar-refractivity contribution in [2.24, 2.45) is 5.92 Å². The SMILES string of the molecule is CCc1nc2cc(C(=O)O)ccc2n1CC1CCSCC1. The Labute approximate surface area is 128 Å². The number of hydrogen-bond acceptors (Lipinski definition) is 3. The Balaban J connectivity index is 1.97. The predicted molar refractivity (Wildman–Crippen MR) is 86.1 cm³/mol. The molecule has 1 saturated heterocycles. The van der Waals surface area contributed by atoms with E-state index in [4.69, 9.17) is 5.11 Å². The van der Waals surface area contributed by atoms with Crippen LogP contribution < -0.4 is 0 Å². The van der Waals surface area contributed by atoms with E-state index >= 15 is 0 Å². The molecule has 5 heteroatoms. The molecule has 1 fully saturated rings. The van der Waals surface area contributed by atoms with Gasteiger partial charge in [0.05, 0.1) is 16.6 Å². The highest BCUT2D eigenvalue weighted by Gasteiger charge is 2.18. The molecule has 2 aromatic rings. The number of thioether (sulfide) groups is 1. The minimum absolute atomic E-state index is 0.309. The topological polar surface area (TPSA) is 55.1 Å². The van der Waals surface area contributed by atoms with Gasteiger partial charge in [-0.15, -0.1) is 0 Å². The maximum atomic E-state index is 11.1. The first kappa shape index (κ1) is 14.4.